The first-order valence-corrected chi connectivity index (χ1v) is 18.0. The smallest absolute Gasteiger partial charge is 0.303 e. The van der Waals surface area contributed by atoms with Gasteiger partial charge in [-0.3, -0.25) is 4.79 Å². The van der Waals surface area contributed by atoms with E-state index < -0.39 is 5.97 Å². The maximum atomic E-state index is 10.4. The molecule has 39 heavy (non-hydrogen) atoms. The molecule has 0 fully saturated rings. The van der Waals surface area contributed by atoms with Gasteiger partial charge in [0.15, 0.2) is 0 Å². The maximum absolute atomic E-state index is 10.4. The van der Waals surface area contributed by atoms with E-state index in [1.54, 1.807) is 0 Å². The second kappa shape index (κ2) is 39.6. The molecule has 0 aliphatic carbocycles. The van der Waals surface area contributed by atoms with Crippen LogP contribution < -0.4 is 5.32 Å². The number of unbranched alkanes of at least 4 members (excludes halogenated alkanes) is 28. The first kappa shape index (κ1) is 40.6. The molecule has 3 heteroatoms. The number of rotatable bonds is 32. The summed E-state index contributed by atoms with van der Waals surface area (Å²) in [6, 6.07) is 0. The SMILES string of the molecule is CCCCCCCCCCCCCCCCCCCCCCCCCCC(=O)O.CCCCCCCCNC. The van der Waals surface area contributed by atoms with E-state index in [1.165, 1.54) is 186 Å². The van der Waals surface area contributed by atoms with Crippen LogP contribution in [0.15, 0.2) is 0 Å². The summed E-state index contributed by atoms with van der Waals surface area (Å²) in [6.45, 7) is 5.74. The molecule has 0 bridgehead atoms. The third kappa shape index (κ3) is 44.7. The molecule has 0 heterocycles. The Hall–Kier alpha value is -0.570. The Morgan fingerprint density at radius 2 is 0.641 bits per heavy atom. The van der Waals surface area contributed by atoms with Gasteiger partial charge in [0.25, 0.3) is 0 Å². The number of carbonyl (C=O) groups is 1. The van der Waals surface area contributed by atoms with Crippen molar-refractivity contribution in [3.63, 3.8) is 0 Å². The minimum atomic E-state index is -0.649. The fourth-order valence-electron chi connectivity index (χ4n) is 5.32. The van der Waals surface area contributed by atoms with Crippen LogP contribution in [0.25, 0.3) is 0 Å². The molecular weight excluding hydrogens is 478 g/mol. The molecule has 0 saturated carbocycles. The molecule has 0 rings (SSSR count). The predicted octanol–water partition coefficient (Wildman–Crippen LogP) is 12.4. The average Bonchev–Trinajstić information content (AvgIpc) is 2.93. The van der Waals surface area contributed by atoms with Crippen molar-refractivity contribution >= 4 is 5.97 Å². The zero-order chi connectivity index (χ0) is 28.9. The van der Waals surface area contributed by atoms with E-state index in [4.69, 9.17) is 5.11 Å². The van der Waals surface area contributed by atoms with Crippen molar-refractivity contribution < 1.29 is 9.90 Å². The first-order chi connectivity index (χ1) is 19.2. The van der Waals surface area contributed by atoms with E-state index >= 15 is 0 Å². The molecule has 0 aliphatic rings. The molecule has 0 unspecified atom stereocenters. The standard InChI is InChI=1S/C27H54O2.C9H21N/c1-2-3-4-5-6-7-8-9-10-11-12-13-14-15-16-17-18-19-20-21-22-23-24-25-26-27(28)29;1-3-4-5-6-7-8-9-10-2/h2-26H2,1H3,(H,28,29);10H,3-9H2,1-2H3. The second-order valence-electron chi connectivity index (χ2n) is 12.1. The molecular formula is C36H75NO2. The van der Waals surface area contributed by atoms with Gasteiger partial charge in [-0.15, -0.1) is 0 Å². The molecule has 0 amide bonds. The predicted molar refractivity (Wildman–Crippen MR) is 176 cm³/mol. The Morgan fingerprint density at radius 3 is 0.872 bits per heavy atom. The van der Waals surface area contributed by atoms with E-state index in [9.17, 15) is 4.79 Å². The van der Waals surface area contributed by atoms with Gasteiger partial charge in [-0.25, -0.2) is 0 Å². The Morgan fingerprint density at radius 1 is 0.410 bits per heavy atom. The van der Waals surface area contributed by atoms with Crippen LogP contribution in [0.4, 0.5) is 0 Å². The van der Waals surface area contributed by atoms with E-state index in [-0.39, 0.29) is 0 Å². The molecule has 236 valence electrons. The highest BCUT2D eigenvalue weighted by Crippen LogP contribution is 2.15. The van der Waals surface area contributed by atoms with Gasteiger partial charge in [-0.05, 0) is 26.4 Å². The lowest BCUT2D eigenvalue weighted by atomic mass is 10.0. The van der Waals surface area contributed by atoms with Gasteiger partial charge in [0.05, 0.1) is 0 Å². The Bertz CT molecular complexity index is 418. The molecule has 0 radical (unpaired) electrons. The summed E-state index contributed by atoms with van der Waals surface area (Å²) in [7, 11) is 2.02. The molecule has 3 nitrogen and oxygen atoms in total. The fraction of sp³-hybridized carbons (Fsp3) is 0.972. The van der Waals surface area contributed by atoms with Crippen LogP contribution in [0.3, 0.4) is 0 Å². The van der Waals surface area contributed by atoms with E-state index in [1.807, 2.05) is 7.05 Å². The summed E-state index contributed by atoms with van der Waals surface area (Å²) in [5, 5.41) is 11.7. The van der Waals surface area contributed by atoms with Crippen LogP contribution in [-0.4, -0.2) is 24.7 Å². The number of nitrogens with one attached hydrogen (secondary N) is 1. The van der Waals surface area contributed by atoms with Crippen molar-refractivity contribution in [2.75, 3.05) is 13.6 Å². The molecule has 0 spiro atoms. The number of aliphatic carboxylic acids is 1. The average molecular weight is 554 g/mol. The van der Waals surface area contributed by atoms with Crippen molar-refractivity contribution in [1.29, 1.82) is 0 Å². The molecule has 0 aliphatic heterocycles. The van der Waals surface area contributed by atoms with Gasteiger partial charge in [0, 0.05) is 6.42 Å². The lowest BCUT2D eigenvalue weighted by Crippen LogP contribution is -2.06. The summed E-state index contributed by atoms with van der Waals surface area (Å²) >= 11 is 0. The van der Waals surface area contributed by atoms with Crippen molar-refractivity contribution in [2.24, 2.45) is 0 Å². The van der Waals surface area contributed by atoms with Crippen molar-refractivity contribution in [3.05, 3.63) is 0 Å². The van der Waals surface area contributed by atoms with Gasteiger partial charge < -0.3 is 10.4 Å². The maximum Gasteiger partial charge on any atom is 0.303 e. The normalized spacial score (nSPS) is 10.9. The molecule has 0 aromatic carbocycles. The lowest BCUT2D eigenvalue weighted by Gasteiger charge is -2.04. The molecule has 0 aromatic heterocycles. The van der Waals surface area contributed by atoms with Crippen LogP contribution >= 0.6 is 0 Å². The van der Waals surface area contributed by atoms with Gasteiger partial charge in [-0.1, -0.05) is 194 Å². The Kier molecular flexibility index (Phi) is 41.2. The van der Waals surface area contributed by atoms with Crippen molar-refractivity contribution in [2.45, 2.75) is 213 Å². The highest BCUT2D eigenvalue weighted by atomic mass is 16.4. The number of hydrogen-bond donors (Lipinski definition) is 2. The lowest BCUT2D eigenvalue weighted by molar-refractivity contribution is -0.137. The number of hydrogen-bond acceptors (Lipinski definition) is 2. The van der Waals surface area contributed by atoms with Crippen LogP contribution in [0.2, 0.25) is 0 Å². The first-order valence-electron chi connectivity index (χ1n) is 18.0. The summed E-state index contributed by atoms with van der Waals surface area (Å²) in [5.41, 5.74) is 0. The van der Waals surface area contributed by atoms with E-state index in [0.717, 1.165) is 12.8 Å². The third-order valence-corrected chi connectivity index (χ3v) is 8.02. The van der Waals surface area contributed by atoms with Crippen molar-refractivity contribution in [1.82, 2.24) is 5.32 Å². The van der Waals surface area contributed by atoms with Gasteiger partial charge >= 0.3 is 5.97 Å². The Labute approximate surface area is 247 Å². The zero-order valence-corrected chi connectivity index (χ0v) is 27.5. The summed E-state index contributed by atoms with van der Waals surface area (Å²) in [6.07, 6.45) is 41.9. The van der Waals surface area contributed by atoms with Crippen LogP contribution in [0.5, 0.6) is 0 Å². The topological polar surface area (TPSA) is 49.3 Å². The summed E-state index contributed by atoms with van der Waals surface area (Å²) < 4.78 is 0. The third-order valence-electron chi connectivity index (χ3n) is 8.02. The number of carboxylic acid groups (broad SMARTS) is 1. The van der Waals surface area contributed by atoms with Gasteiger partial charge in [-0.2, -0.15) is 0 Å². The van der Waals surface area contributed by atoms with Gasteiger partial charge in [0.2, 0.25) is 0 Å². The highest BCUT2D eigenvalue weighted by Gasteiger charge is 1.98. The molecule has 0 atom stereocenters. The quantitative estimate of drug-likeness (QED) is 0.0814. The Balaban J connectivity index is 0. The molecule has 0 saturated heterocycles. The number of carboxylic acids is 1. The van der Waals surface area contributed by atoms with E-state index in [0.29, 0.717) is 6.42 Å². The van der Waals surface area contributed by atoms with Crippen LogP contribution in [-0.2, 0) is 4.79 Å². The second-order valence-corrected chi connectivity index (χ2v) is 12.1. The molecule has 2 N–H and O–H groups in total. The molecule has 0 aromatic rings. The largest absolute Gasteiger partial charge is 0.481 e. The summed E-state index contributed by atoms with van der Waals surface area (Å²) in [4.78, 5) is 10.4. The monoisotopic (exact) mass is 554 g/mol. The highest BCUT2D eigenvalue weighted by molar-refractivity contribution is 5.66. The van der Waals surface area contributed by atoms with Gasteiger partial charge in [0.1, 0.15) is 0 Å². The van der Waals surface area contributed by atoms with Crippen LogP contribution in [0, 0.1) is 0 Å². The van der Waals surface area contributed by atoms with E-state index in [2.05, 4.69) is 19.2 Å². The van der Waals surface area contributed by atoms with Crippen molar-refractivity contribution in [3.8, 4) is 0 Å². The minimum absolute atomic E-state index is 0.346. The minimum Gasteiger partial charge on any atom is -0.481 e. The fourth-order valence-corrected chi connectivity index (χ4v) is 5.32. The zero-order valence-electron chi connectivity index (χ0n) is 27.5. The summed E-state index contributed by atoms with van der Waals surface area (Å²) in [5.74, 6) is -0.649. The van der Waals surface area contributed by atoms with Crippen LogP contribution in [0.1, 0.15) is 213 Å².